The molecular formula is C18H25ClN2O5S. The highest BCUT2D eigenvalue weighted by atomic mass is 35.5. The molecule has 0 bridgehead atoms. The van der Waals surface area contributed by atoms with Crippen LogP contribution in [-0.2, 0) is 19.6 Å². The topological polar surface area (TPSA) is 92.8 Å². The molecule has 0 aliphatic carbocycles. The summed E-state index contributed by atoms with van der Waals surface area (Å²) in [4.78, 5) is 24.0. The maximum absolute atomic E-state index is 13.0. The number of hydrogen-bond donors (Lipinski definition) is 1. The molecule has 1 heterocycles. The second-order valence-corrected chi connectivity index (χ2v) is 9.02. The van der Waals surface area contributed by atoms with Gasteiger partial charge in [-0.05, 0) is 50.8 Å². The van der Waals surface area contributed by atoms with E-state index in [1.807, 2.05) is 6.92 Å². The monoisotopic (exact) mass is 416 g/mol. The Morgan fingerprint density at radius 2 is 2.11 bits per heavy atom. The Bertz CT molecular complexity index is 812. The number of halogens is 1. The molecule has 2 rings (SSSR count). The summed E-state index contributed by atoms with van der Waals surface area (Å²) in [6.45, 7) is 6.23. The predicted octanol–water partition coefficient (Wildman–Crippen LogP) is 2.44. The van der Waals surface area contributed by atoms with Gasteiger partial charge in [0.05, 0.1) is 11.6 Å². The van der Waals surface area contributed by atoms with Crippen LogP contribution in [0, 0.1) is 5.92 Å². The van der Waals surface area contributed by atoms with Crippen molar-refractivity contribution in [1.29, 1.82) is 0 Å². The Kier molecular flexibility index (Phi) is 7.25. The summed E-state index contributed by atoms with van der Waals surface area (Å²) in [7, 11) is -3.81. The quantitative estimate of drug-likeness (QED) is 0.719. The van der Waals surface area contributed by atoms with Gasteiger partial charge in [0.2, 0.25) is 10.0 Å². The van der Waals surface area contributed by atoms with Crippen molar-refractivity contribution < 1.29 is 22.7 Å². The minimum absolute atomic E-state index is 0.0585. The number of nitrogens with zero attached hydrogens (tertiary/aromatic N) is 1. The molecule has 0 radical (unpaired) electrons. The zero-order valence-electron chi connectivity index (χ0n) is 15.7. The minimum atomic E-state index is -3.81. The molecule has 1 aliphatic heterocycles. The van der Waals surface area contributed by atoms with E-state index < -0.39 is 27.9 Å². The average molecular weight is 417 g/mol. The summed E-state index contributed by atoms with van der Waals surface area (Å²) in [5, 5.41) is 2.56. The average Bonchev–Trinajstić information content (AvgIpc) is 2.62. The van der Waals surface area contributed by atoms with Gasteiger partial charge < -0.3 is 10.1 Å². The van der Waals surface area contributed by atoms with Crippen LogP contribution >= 0.6 is 11.6 Å². The fourth-order valence-corrected chi connectivity index (χ4v) is 5.05. The molecule has 0 aromatic heterocycles. The van der Waals surface area contributed by atoms with E-state index in [9.17, 15) is 18.0 Å². The normalized spacial score (nSPS) is 19.3. The maximum atomic E-state index is 13.0. The lowest BCUT2D eigenvalue weighted by Gasteiger charge is -2.30. The molecule has 9 heteroatoms. The van der Waals surface area contributed by atoms with E-state index >= 15 is 0 Å². The summed E-state index contributed by atoms with van der Waals surface area (Å²) < 4.78 is 32.2. The molecule has 0 spiro atoms. The van der Waals surface area contributed by atoms with Crippen LogP contribution in [0.2, 0.25) is 5.02 Å². The summed E-state index contributed by atoms with van der Waals surface area (Å²) in [6, 6.07) is 3.21. The van der Waals surface area contributed by atoms with Crippen molar-refractivity contribution in [3.8, 4) is 0 Å². The van der Waals surface area contributed by atoms with Crippen LogP contribution in [0.15, 0.2) is 23.1 Å². The second kappa shape index (κ2) is 9.03. The van der Waals surface area contributed by atoms with Crippen molar-refractivity contribution in [1.82, 2.24) is 9.62 Å². The van der Waals surface area contributed by atoms with E-state index in [1.165, 1.54) is 29.4 Å². The zero-order valence-corrected chi connectivity index (χ0v) is 17.3. The standard InChI is InChI=1S/C18H25ClN2O5S/c1-4-26-18(23)13(3)20-17(22)14-7-8-15(19)16(10-14)27(24,25)21-9-5-6-12(2)11-21/h7-8,10,12-13H,4-6,9,11H2,1-3H3,(H,20,22)/t12-,13+/m0/s1. The molecular weight excluding hydrogens is 392 g/mol. The first-order valence-electron chi connectivity index (χ1n) is 8.94. The van der Waals surface area contributed by atoms with Crippen LogP contribution in [-0.4, -0.2) is 50.3 Å². The Balaban J connectivity index is 2.25. The summed E-state index contributed by atoms with van der Waals surface area (Å²) in [5.74, 6) is -0.866. The van der Waals surface area contributed by atoms with E-state index in [1.54, 1.807) is 6.92 Å². The van der Waals surface area contributed by atoms with E-state index in [0.29, 0.717) is 13.1 Å². The van der Waals surface area contributed by atoms with Crippen LogP contribution in [0.1, 0.15) is 44.0 Å². The Hall–Kier alpha value is -1.64. The number of sulfonamides is 1. The smallest absolute Gasteiger partial charge is 0.328 e. The molecule has 1 N–H and O–H groups in total. The number of esters is 1. The number of carbonyl (C=O) groups is 2. The van der Waals surface area contributed by atoms with Crippen molar-refractivity contribution in [3.63, 3.8) is 0 Å². The van der Waals surface area contributed by atoms with Crippen molar-refractivity contribution in [2.24, 2.45) is 5.92 Å². The fourth-order valence-electron chi connectivity index (χ4n) is 2.95. The number of amides is 1. The first-order chi connectivity index (χ1) is 12.7. The molecule has 2 atom stereocenters. The third kappa shape index (κ3) is 5.21. The number of ether oxygens (including phenoxy) is 1. The van der Waals surface area contributed by atoms with E-state index in [0.717, 1.165) is 12.8 Å². The molecule has 0 saturated carbocycles. The third-order valence-electron chi connectivity index (χ3n) is 4.42. The highest BCUT2D eigenvalue weighted by molar-refractivity contribution is 7.89. The van der Waals surface area contributed by atoms with Gasteiger partial charge in [-0.2, -0.15) is 4.31 Å². The van der Waals surface area contributed by atoms with Gasteiger partial charge >= 0.3 is 5.97 Å². The number of nitrogens with one attached hydrogen (secondary N) is 1. The Labute approximate surface area is 165 Å². The molecule has 1 saturated heterocycles. The van der Waals surface area contributed by atoms with Gasteiger partial charge in [-0.1, -0.05) is 18.5 Å². The lowest BCUT2D eigenvalue weighted by Crippen LogP contribution is -2.40. The van der Waals surface area contributed by atoms with Gasteiger partial charge in [0.15, 0.2) is 0 Å². The summed E-state index contributed by atoms with van der Waals surface area (Å²) in [5.41, 5.74) is 0.110. The van der Waals surface area contributed by atoms with Gasteiger partial charge in [-0.25, -0.2) is 13.2 Å². The summed E-state index contributed by atoms with van der Waals surface area (Å²) >= 11 is 6.13. The molecule has 150 valence electrons. The van der Waals surface area contributed by atoms with Gasteiger partial charge in [-0.15, -0.1) is 0 Å². The van der Waals surface area contributed by atoms with Gasteiger partial charge in [-0.3, -0.25) is 4.79 Å². The van der Waals surface area contributed by atoms with Gasteiger partial charge in [0.1, 0.15) is 10.9 Å². The van der Waals surface area contributed by atoms with Crippen molar-refractivity contribution in [2.75, 3.05) is 19.7 Å². The molecule has 7 nitrogen and oxygen atoms in total. The van der Waals surface area contributed by atoms with Crippen LogP contribution in [0.25, 0.3) is 0 Å². The highest BCUT2D eigenvalue weighted by Gasteiger charge is 2.31. The first kappa shape index (κ1) is 21.7. The molecule has 1 aliphatic rings. The van der Waals surface area contributed by atoms with Crippen molar-refractivity contribution in [3.05, 3.63) is 28.8 Å². The number of rotatable bonds is 6. The van der Waals surface area contributed by atoms with Crippen LogP contribution in [0.4, 0.5) is 0 Å². The Morgan fingerprint density at radius 1 is 1.41 bits per heavy atom. The summed E-state index contributed by atoms with van der Waals surface area (Å²) in [6.07, 6.45) is 1.77. The molecule has 1 fully saturated rings. The van der Waals surface area contributed by atoms with E-state index in [2.05, 4.69) is 5.32 Å². The van der Waals surface area contributed by atoms with Crippen LogP contribution < -0.4 is 5.32 Å². The lowest BCUT2D eigenvalue weighted by molar-refractivity contribution is -0.144. The zero-order chi connectivity index (χ0) is 20.2. The predicted molar refractivity (Wildman–Crippen MR) is 102 cm³/mol. The molecule has 1 aromatic rings. The van der Waals surface area contributed by atoms with E-state index in [4.69, 9.17) is 16.3 Å². The molecule has 27 heavy (non-hydrogen) atoms. The van der Waals surface area contributed by atoms with Crippen LogP contribution in [0.5, 0.6) is 0 Å². The number of carbonyl (C=O) groups excluding carboxylic acids is 2. The number of benzene rings is 1. The largest absolute Gasteiger partial charge is 0.464 e. The second-order valence-electron chi connectivity index (χ2n) is 6.70. The maximum Gasteiger partial charge on any atom is 0.328 e. The van der Waals surface area contributed by atoms with Crippen LogP contribution in [0.3, 0.4) is 0 Å². The third-order valence-corrected chi connectivity index (χ3v) is 6.77. The fraction of sp³-hybridized carbons (Fsp3) is 0.556. The SMILES string of the molecule is CCOC(=O)[C@@H](C)NC(=O)c1ccc(Cl)c(S(=O)(=O)N2CCC[C@H](C)C2)c1. The number of hydrogen-bond acceptors (Lipinski definition) is 5. The van der Waals surface area contributed by atoms with E-state index in [-0.39, 0.29) is 28.0 Å². The highest BCUT2D eigenvalue weighted by Crippen LogP contribution is 2.29. The Morgan fingerprint density at radius 3 is 2.74 bits per heavy atom. The molecule has 1 amide bonds. The van der Waals surface area contributed by atoms with Gasteiger partial charge in [0, 0.05) is 18.7 Å². The number of piperidine rings is 1. The lowest BCUT2D eigenvalue weighted by atomic mass is 10.0. The first-order valence-corrected chi connectivity index (χ1v) is 10.8. The molecule has 0 unspecified atom stereocenters. The van der Waals surface area contributed by atoms with Crippen molar-refractivity contribution >= 4 is 33.5 Å². The molecule has 1 aromatic carbocycles. The van der Waals surface area contributed by atoms with Crippen molar-refractivity contribution in [2.45, 2.75) is 44.6 Å². The van der Waals surface area contributed by atoms with Gasteiger partial charge in [0.25, 0.3) is 5.91 Å². The minimum Gasteiger partial charge on any atom is -0.464 e.